The van der Waals surface area contributed by atoms with E-state index in [4.69, 9.17) is 16.3 Å². The molecule has 1 fully saturated rings. The summed E-state index contributed by atoms with van der Waals surface area (Å²) in [4.78, 5) is 12.0. The van der Waals surface area contributed by atoms with Crippen molar-refractivity contribution in [2.24, 2.45) is 5.92 Å². The van der Waals surface area contributed by atoms with Gasteiger partial charge in [0.05, 0.1) is 15.8 Å². The number of carbonyl (C=O) groups excluding carboxylic acids is 1. The molecule has 2 aromatic carbocycles. The molecule has 3 rings (SSSR count). The number of halogens is 3. The number of piperidine rings is 1. The van der Waals surface area contributed by atoms with Gasteiger partial charge in [0.15, 0.2) is 11.6 Å². The number of nitrogens with zero attached hydrogens (tertiary/aromatic N) is 1. The van der Waals surface area contributed by atoms with Crippen LogP contribution in [0.1, 0.15) is 12.8 Å². The van der Waals surface area contributed by atoms with Gasteiger partial charge < -0.3 is 4.74 Å². The number of carbonyl (C=O) groups is 1. The van der Waals surface area contributed by atoms with E-state index in [0.29, 0.717) is 11.1 Å². The maximum absolute atomic E-state index is 13.4. The average Bonchev–Trinajstić information content (AvgIpc) is 2.65. The van der Waals surface area contributed by atoms with Gasteiger partial charge in [-0.3, -0.25) is 4.79 Å². The molecule has 0 unspecified atom stereocenters. The van der Waals surface area contributed by atoms with Gasteiger partial charge in [0.25, 0.3) is 0 Å². The molecule has 0 spiro atoms. The highest BCUT2D eigenvalue weighted by molar-refractivity contribution is 7.89. The van der Waals surface area contributed by atoms with Gasteiger partial charge in [0, 0.05) is 13.1 Å². The van der Waals surface area contributed by atoms with E-state index in [1.165, 1.54) is 0 Å². The van der Waals surface area contributed by atoms with E-state index in [9.17, 15) is 22.0 Å². The zero-order valence-corrected chi connectivity index (χ0v) is 15.6. The summed E-state index contributed by atoms with van der Waals surface area (Å²) in [5.41, 5.74) is 0. The summed E-state index contributed by atoms with van der Waals surface area (Å²) in [5, 5.41) is 0.309. The van der Waals surface area contributed by atoms with E-state index < -0.39 is 33.5 Å². The molecule has 2 aromatic rings. The molecule has 144 valence electrons. The summed E-state index contributed by atoms with van der Waals surface area (Å²) >= 11 is 5.96. The van der Waals surface area contributed by atoms with Gasteiger partial charge in [0.1, 0.15) is 5.75 Å². The van der Waals surface area contributed by atoms with Gasteiger partial charge in [-0.15, -0.1) is 0 Å². The topological polar surface area (TPSA) is 63.7 Å². The van der Waals surface area contributed by atoms with Crippen LogP contribution in [0.25, 0.3) is 0 Å². The molecule has 0 radical (unpaired) electrons. The van der Waals surface area contributed by atoms with Crippen LogP contribution >= 0.6 is 11.6 Å². The Hall–Kier alpha value is -2.03. The van der Waals surface area contributed by atoms with Crippen LogP contribution in [-0.2, 0) is 14.8 Å². The second kappa shape index (κ2) is 7.92. The Labute approximate surface area is 160 Å². The van der Waals surface area contributed by atoms with E-state index >= 15 is 0 Å². The Bertz CT molecular complexity index is 960. The number of esters is 1. The molecule has 0 aromatic heterocycles. The van der Waals surface area contributed by atoms with Gasteiger partial charge in [-0.2, -0.15) is 4.31 Å². The summed E-state index contributed by atoms with van der Waals surface area (Å²) in [6, 6.07) is 9.01. The van der Waals surface area contributed by atoms with E-state index in [1.807, 2.05) is 0 Å². The minimum atomic E-state index is -3.96. The summed E-state index contributed by atoms with van der Waals surface area (Å²) in [6.45, 7) is 0.146. The average molecular weight is 416 g/mol. The number of para-hydroxylation sites is 1. The summed E-state index contributed by atoms with van der Waals surface area (Å²) in [5.74, 6) is -3.05. The predicted molar refractivity (Wildman–Crippen MR) is 94.9 cm³/mol. The van der Waals surface area contributed by atoms with Gasteiger partial charge >= 0.3 is 5.97 Å². The molecule has 1 heterocycles. The van der Waals surface area contributed by atoms with Crippen LogP contribution in [-0.4, -0.2) is 31.8 Å². The molecule has 1 aliphatic heterocycles. The first kappa shape index (κ1) is 19.7. The van der Waals surface area contributed by atoms with Crippen LogP contribution in [0.15, 0.2) is 47.4 Å². The lowest BCUT2D eigenvalue weighted by Crippen LogP contribution is -2.41. The van der Waals surface area contributed by atoms with E-state index in [2.05, 4.69) is 0 Å². The molecular formula is C18H16ClF2NO4S. The van der Waals surface area contributed by atoms with Crippen molar-refractivity contribution in [3.05, 3.63) is 59.1 Å². The number of sulfonamides is 1. The van der Waals surface area contributed by atoms with Crippen LogP contribution in [0.5, 0.6) is 5.75 Å². The maximum Gasteiger partial charge on any atom is 0.314 e. The molecule has 9 heteroatoms. The van der Waals surface area contributed by atoms with Crippen molar-refractivity contribution < 1.29 is 26.7 Å². The fourth-order valence-electron chi connectivity index (χ4n) is 2.84. The highest BCUT2D eigenvalue weighted by Crippen LogP contribution is 2.28. The molecule has 0 aliphatic carbocycles. The van der Waals surface area contributed by atoms with Crippen molar-refractivity contribution in [3.8, 4) is 5.75 Å². The van der Waals surface area contributed by atoms with Gasteiger partial charge in [-0.05, 0) is 43.2 Å². The fourth-order valence-corrected chi connectivity index (χ4v) is 4.49. The molecule has 1 aliphatic rings. The van der Waals surface area contributed by atoms with Crippen molar-refractivity contribution in [1.29, 1.82) is 0 Å². The highest BCUT2D eigenvalue weighted by Gasteiger charge is 2.33. The zero-order valence-electron chi connectivity index (χ0n) is 14.1. The molecular weight excluding hydrogens is 400 g/mol. The Morgan fingerprint density at radius 3 is 2.37 bits per heavy atom. The molecule has 5 nitrogen and oxygen atoms in total. The van der Waals surface area contributed by atoms with Crippen LogP contribution in [0, 0.1) is 17.6 Å². The van der Waals surface area contributed by atoms with Crippen molar-refractivity contribution in [3.63, 3.8) is 0 Å². The summed E-state index contributed by atoms with van der Waals surface area (Å²) < 4.78 is 58.0. The Morgan fingerprint density at radius 2 is 1.74 bits per heavy atom. The third kappa shape index (κ3) is 4.28. The first-order valence-corrected chi connectivity index (χ1v) is 10.0. The first-order valence-electron chi connectivity index (χ1n) is 8.20. The number of rotatable bonds is 4. The smallest absolute Gasteiger partial charge is 0.314 e. The second-order valence-corrected chi connectivity index (χ2v) is 8.45. The molecule has 0 bridgehead atoms. The third-order valence-corrected chi connectivity index (χ3v) is 6.57. The van der Waals surface area contributed by atoms with Gasteiger partial charge in [-0.1, -0.05) is 23.7 Å². The lowest BCUT2D eigenvalue weighted by Gasteiger charge is -2.30. The molecule has 0 saturated carbocycles. The molecule has 0 N–H and O–H groups in total. The molecule has 1 saturated heterocycles. The highest BCUT2D eigenvalue weighted by atomic mass is 35.5. The normalized spacial score (nSPS) is 16.3. The second-order valence-electron chi connectivity index (χ2n) is 6.11. The maximum atomic E-state index is 13.4. The first-order chi connectivity index (χ1) is 12.8. The lowest BCUT2D eigenvalue weighted by molar-refractivity contribution is -0.140. The predicted octanol–water partition coefficient (Wildman–Crippen LogP) is 3.62. The number of ether oxygens (including phenoxy) is 1. The van der Waals surface area contributed by atoms with Crippen LogP contribution in [0.3, 0.4) is 0 Å². The third-order valence-electron chi connectivity index (χ3n) is 4.36. The SMILES string of the molecule is O=C(Oc1ccccc1Cl)C1CCN(S(=O)(=O)c2ccc(F)c(F)c2)CC1. The molecule has 0 amide bonds. The lowest BCUT2D eigenvalue weighted by atomic mass is 9.98. The van der Waals surface area contributed by atoms with Gasteiger partial charge in [0.2, 0.25) is 10.0 Å². The standard InChI is InChI=1S/C18H16ClF2NO4S/c19-14-3-1-2-4-17(14)26-18(23)12-7-9-22(10-8-12)27(24,25)13-5-6-15(20)16(21)11-13/h1-6,11-12H,7-10H2. The van der Waals surface area contributed by atoms with Crippen molar-refractivity contribution >= 4 is 27.6 Å². The van der Waals surface area contributed by atoms with Crippen molar-refractivity contribution in [1.82, 2.24) is 4.31 Å². The fraction of sp³-hybridized carbons (Fsp3) is 0.278. The number of hydrogen-bond donors (Lipinski definition) is 0. The quantitative estimate of drug-likeness (QED) is 0.565. The monoisotopic (exact) mass is 415 g/mol. The van der Waals surface area contributed by atoms with Crippen LogP contribution in [0.2, 0.25) is 5.02 Å². The molecule has 27 heavy (non-hydrogen) atoms. The number of hydrogen-bond acceptors (Lipinski definition) is 4. The Kier molecular flexibility index (Phi) is 5.78. The van der Waals surface area contributed by atoms with Crippen LogP contribution < -0.4 is 4.74 Å². The Balaban J connectivity index is 1.65. The van der Waals surface area contributed by atoms with E-state index in [1.54, 1.807) is 24.3 Å². The van der Waals surface area contributed by atoms with E-state index in [-0.39, 0.29) is 36.6 Å². The minimum absolute atomic E-state index is 0.0730. The summed E-state index contributed by atoms with van der Waals surface area (Å²) in [6.07, 6.45) is 0.512. The number of benzene rings is 2. The Morgan fingerprint density at radius 1 is 1.07 bits per heavy atom. The van der Waals surface area contributed by atoms with Crippen molar-refractivity contribution in [2.75, 3.05) is 13.1 Å². The molecule has 0 atom stereocenters. The van der Waals surface area contributed by atoms with Crippen molar-refractivity contribution in [2.45, 2.75) is 17.7 Å². The van der Waals surface area contributed by atoms with Crippen LogP contribution in [0.4, 0.5) is 8.78 Å². The van der Waals surface area contributed by atoms with Gasteiger partial charge in [-0.25, -0.2) is 17.2 Å². The zero-order chi connectivity index (χ0) is 19.6. The van der Waals surface area contributed by atoms with E-state index in [0.717, 1.165) is 16.4 Å². The summed E-state index contributed by atoms with van der Waals surface area (Å²) in [7, 11) is -3.96. The minimum Gasteiger partial charge on any atom is -0.425 e. The largest absolute Gasteiger partial charge is 0.425 e.